The Kier molecular flexibility index (Phi) is 3.64. The minimum absolute atomic E-state index is 0.852. The summed E-state index contributed by atoms with van der Waals surface area (Å²) < 4.78 is 0. The minimum Gasteiger partial charge on any atom is -0.360 e. The predicted molar refractivity (Wildman–Crippen MR) is 63.1 cm³/mol. The molecule has 1 aliphatic rings. The number of nitrogens with one attached hydrogen (secondary N) is 1. The Morgan fingerprint density at radius 2 is 1.79 bits per heavy atom. The summed E-state index contributed by atoms with van der Waals surface area (Å²) in [6.07, 6.45) is 12.2. The Labute approximate surface area is 88.4 Å². The van der Waals surface area contributed by atoms with Gasteiger partial charge in [-0.15, -0.1) is 0 Å². The van der Waals surface area contributed by atoms with E-state index in [9.17, 15) is 0 Å². The van der Waals surface area contributed by atoms with Crippen molar-refractivity contribution in [2.75, 3.05) is 0 Å². The molecule has 1 aromatic heterocycles. The fourth-order valence-corrected chi connectivity index (χ4v) is 3.45. The Hall–Kier alpha value is -0.290. The van der Waals surface area contributed by atoms with Crippen molar-refractivity contribution < 1.29 is 0 Å². The van der Waals surface area contributed by atoms with Crippen molar-refractivity contribution in [3.05, 3.63) is 16.9 Å². The Balaban J connectivity index is 2.00. The summed E-state index contributed by atoms with van der Waals surface area (Å²) in [4.78, 5) is 3.47. The molecule has 14 heavy (non-hydrogen) atoms. The Morgan fingerprint density at radius 3 is 2.36 bits per heavy atom. The van der Waals surface area contributed by atoms with Crippen LogP contribution in [-0.4, -0.2) is 4.98 Å². The van der Waals surface area contributed by atoms with E-state index < -0.39 is 0 Å². The molecular formula is C12H20NP. The monoisotopic (exact) mass is 209 g/mol. The highest BCUT2D eigenvalue weighted by atomic mass is 31.0. The first-order valence-corrected chi connectivity index (χ1v) is 6.77. The second kappa shape index (κ2) is 4.98. The average molecular weight is 209 g/mol. The highest BCUT2D eigenvalue weighted by Crippen LogP contribution is 2.35. The largest absolute Gasteiger partial charge is 0.360 e. The smallest absolute Gasteiger partial charge is 0.0458 e. The number of aryl methyl sites for hydroxylation is 1. The molecule has 2 heteroatoms. The molecule has 0 radical (unpaired) electrons. The van der Waals surface area contributed by atoms with Gasteiger partial charge in [0.25, 0.3) is 0 Å². The van der Waals surface area contributed by atoms with Crippen molar-refractivity contribution in [2.24, 2.45) is 0 Å². The SMILES string of the molecule is Cc1c[nH]c(C2CCCCCCC2)p1. The van der Waals surface area contributed by atoms with Gasteiger partial charge >= 0.3 is 0 Å². The minimum atomic E-state index is 0.852. The third kappa shape index (κ3) is 2.60. The molecule has 78 valence electrons. The van der Waals surface area contributed by atoms with Gasteiger partial charge in [0.1, 0.15) is 0 Å². The number of rotatable bonds is 1. The van der Waals surface area contributed by atoms with Crippen LogP contribution in [0.25, 0.3) is 0 Å². The number of H-pyrrole nitrogens is 1. The molecule has 0 aliphatic heterocycles. The molecule has 0 bridgehead atoms. The van der Waals surface area contributed by atoms with Crippen LogP contribution in [0, 0.1) is 6.92 Å². The Bertz CT molecular complexity index is 272. The van der Waals surface area contributed by atoms with Gasteiger partial charge in [-0.25, -0.2) is 0 Å². The summed E-state index contributed by atoms with van der Waals surface area (Å²) in [7, 11) is 1.46. The van der Waals surface area contributed by atoms with Crippen LogP contribution in [0.2, 0.25) is 0 Å². The first-order chi connectivity index (χ1) is 6.86. The maximum Gasteiger partial charge on any atom is 0.0458 e. The van der Waals surface area contributed by atoms with E-state index in [1.54, 1.807) is 5.43 Å². The lowest BCUT2D eigenvalue weighted by Gasteiger charge is -2.17. The van der Waals surface area contributed by atoms with Crippen molar-refractivity contribution in [1.82, 2.24) is 4.98 Å². The normalized spacial score (nSPS) is 20.9. The number of hydrogen-bond donors (Lipinski definition) is 1. The van der Waals surface area contributed by atoms with Crippen LogP contribution < -0.4 is 0 Å². The van der Waals surface area contributed by atoms with E-state index in [0.717, 1.165) is 5.92 Å². The van der Waals surface area contributed by atoms with E-state index in [1.165, 1.54) is 58.4 Å². The van der Waals surface area contributed by atoms with Gasteiger partial charge in [0.05, 0.1) is 0 Å². The molecule has 0 amide bonds. The molecule has 1 aromatic rings. The molecule has 2 rings (SSSR count). The maximum absolute atomic E-state index is 3.47. The molecule has 0 saturated heterocycles. The summed E-state index contributed by atoms with van der Waals surface area (Å²) in [5.41, 5.74) is 1.57. The van der Waals surface area contributed by atoms with Crippen LogP contribution >= 0.6 is 8.19 Å². The van der Waals surface area contributed by atoms with E-state index in [4.69, 9.17) is 0 Å². The van der Waals surface area contributed by atoms with Gasteiger partial charge in [0.2, 0.25) is 0 Å². The van der Waals surface area contributed by atoms with Crippen LogP contribution in [-0.2, 0) is 0 Å². The lowest BCUT2D eigenvalue weighted by molar-refractivity contribution is 0.454. The van der Waals surface area contributed by atoms with Crippen molar-refractivity contribution in [3.8, 4) is 0 Å². The quantitative estimate of drug-likeness (QED) is 0.688. The Morgan fingerprint density at radius 1 is 1.14 bits per heavy atom. The van der Waals surface area contributed by atoms with Gasteiger partial charge in [-0.05, 0) is 33.3 Å². The summed E-state index contributed by atoms with van der Waals surface area (Å²) >= 11 is 0. The summed E-state index contributed by atoms with van der Waals surface area (Å²) in [6.45, 7) is 2.21. The molecule has 0 atom stereocenters. The lowest BCUT2D eigenvalue weighted by Crippen LogP contribution is -2.01. The van der Waals surface area contributed by atoms with Crippen LogP contribution in [0.4, 0.5) is 0 Å². The highest BCUT2D eigenvalue weighted by Gasteiger charge is 2.14. The third-order valence-electron chi connectivity index (χ3n) is 3.22. The first-order valence-electron chi connectivity index (χ1n) is 5.88. The number of aromatic nitrogens is 1. The molecule has 1 nitrogen and oxygen atoms in total. The lowest BCUT2D eigenvalue weighted by atomic mass is 9.92. The molecule has 0 aromatic carbocycles. The fraction of sp³-hybridized carbons (Fsp3) is 0.750. The second-order valence-corrected chi connectivity index (χ2v) is 5.88. The van der Waals surface area contributed by atoms with E-state index >= 15 is 0 Å². The zero-order valence-electron chi connectivity index (χ0n) is 9.05. The maximum atomic E-state index is 3.47. The first kappa shape index (κ1) is 10.2. The van der Waals surface area contributed by atoms with E-state index in [1.807, 2.05) is 0 Å². The van der Waals surface area contributed by atoms with Crippen LogP contribution in [0.1, 0.15) is 61.6 Å². The molecule has 1 heterocycles. The topological polar surface area (TPSA) is 15.8 Å². The van der Waals surface area contributed by atoms with E-state index in [2.05, 4.69) is 18.1 Å². The van der Waals surface area contributed by atoms with Gasteiger partial charge < -0.3 is 4.98 Å². The molecule has 1 N–H and O–H groups in total. The van der Waals surface area contributed by atoms with Gasteiger partial charge in [0.15, 0.2) is 0 Å². The molecule has 0 unspecified atom stereocenters. The zero-order valence-corrected chi connectivity index (χ0v) is 9.95. The van der Waals surface area contributed by atoms with Crippen LogP contribution in [0.5, 0.6) is 0 Å². The summed E-state index contributed by atoms with van der Waals surface area (Å²) in [5.74, 6) is 0.852. The van der Waals surface area contributed by atoms with Crippen LogP contribution in [0.3, 0.4) is 0 Å². The summed E-state index contributed by atoms with van der Waals surface area (Å²) in [5, 5.41) is 1.47. The zero-order chi connectivity index (χ0) is 9.80. The van der Waals surface area contributed by atoms with Gasteiger partial charge in [-0.2, -0.15) is 0 Å². The van der Waals surface area contributed by atoms with Crippen molar-refractivity contribution in [2.45, 2.75) is 57.8 Å². The fourth-order valence-electron chi connectivity index (χ4n) is 2.37. The standard InChI is InChI=1S/C12H20NP/c1-10-9-13-12(14-10)11-7-5-3-2-4-6-8-11/h9,11,13H,2-8H2,1H3. The van der Waals surface area contributed by atoms with Crippen LogP contribution in [0.15, 0.2) is 6.20 Å². The van der Waals surface area contributed by atoms with Crippen molar-refractivity contribution in [1.29, 1.82) is 0 Å². The highest BCUT2D eigenvalue weighted by molar-refractivity contribution is 7.31. The molecule has 1 aliphatic carbocycles. The van der Waals surface area contributed by atoms with Gasteiger partial charge in [-0.3, -0.25) is 0 Å². The van der Waals surface area contributed by atoms with E-state index in [0.29, 0.717) is 0 Å². The second-order valence-electron chi connectivity index (χ2n) is 4.47. The average Bonchev–Trinajstić information content (AvgIpc) is 2.51. The molecular weight excluding hydrogens is 189 g/mol. The van der Waals surface area contributed by atoms with Gasteiger partial charge in [-0.1, -0.05) is 32.1 Å². The molecule has 1 fully saturated rings. The summed E-state index contributed by atoms with van der Waals surface area (Å²) in [6, 6.07) is 0. The number of hydrogen-bond acceptors (Lipinski definition) is 0. The molecule has 1 saturated carbocycles. The van der Waals surface area contributed by atoms with Crippen molar-refractivity contribution >= 4 is 8.19 Å². The molecule has 0 spiro atoms. The van der Waals surface area contributed by atoms with Crippen molar-refractivity contribution in [3.63, 3.8) is 0 Å². The van der Waals surface area contributed by atoms with Gasteiger partial charge in [0, 0.05) is 17.5 Å². The number of aromatic amines is 1. The predicted octanol–water partition coefficient (Wildman–Crippen LogP) is 4.73. The third-order valence-corrected chi connectivity index (χ3v) is 4.43. The van der Waals surface area contributed by atoms with E-state index in [-0.39, 0.29) is 0 Å².